The quantitative estimate of drug-likeness (QED) is 0.841. The maximum Gasteiger partial charge on any atom is 0.185 e. The van der Waals surface area contributed by atoms with Crippen LogP contribution in [0.2, 0.25) is 0 Å². The highest BCUT2D eigenvalue weighted by atomic mass is 32.1. The number of hydrogen-bond acceptors (Lipinski definition) is 6. The van der Waals surface area contributed by atoms with E-state index < -0.39 is 0 Å². The number of aromatic nitrogens is 3. The number of aryl methyl sites for hydroxylation is 1. The molecule has 0 aromatic carbocycles. The Morgan fingerprint density at radius 2 is 2.30 bits per heavy atom. The van der Waals surface area contributed by atoms with Gasteiger partial charge in [-0.25, -0.2) is 4.98 Å². The Labute approximate surface area is 141 Å². The molecule has 0 aliphatic carbocycles. The van der Waals surface area contributed by atoms with E-state index in [4.69, 9.17) is 4.74 Å². The summed E-state index contributed by atoms with van der Waals surface area (Å²) in [6.07, 6.45) is 7.28. The Balaban J connectivity index is 1.52. The maximum absolute atomic E-state index is 5.94. The summed E-state index contributed by atoms with van der Waals surface area (Å²) in [4.78, 5) is 7.72. The molecule has 1 fully saturated rings. The summed E-state index contributed by atoms with van der Waals surface area (Å²) in [7, 11) is 4.04. The van der Waals surface area contributed by atoms with Crippen molar-refractivity contribution in [1.29, 1.82) is 0 Å². The van der Waals surface area contributed by atoms with E-state index in [-0.39, 0.29) is 6.10 Å². The summed E-state index contributed by atoms with van der Waals surface area (Å²) in [5, 5.41) is 8.98. The van der Waals surface area contributed by atoms with Gasteiger partial charge in [-0.1, -0.05) is 0 Å². The number of thiazole rings is 1. The molecular weight excluding hydrogens is 310 g/mol. The molecule has 0 radical (unpaired) electrons. The van der Waals surface area contributed by atoms with Crippen LogP contribution < -0.4 is 10.2 Å². The number of anilines is 1. The lowest BCUT2D eigenvalue weighted by molar-refractivity contribution is 0.0904. The molecule has 2 aromatic rings. The minimum Gasteiger partial charge on any atom is -0.373 e. The lowest BCUT2D eigenvalue weighted by Gasteiger charge is -2.17. The van der Waals surface area contributed by atoms with Crippen LogP contribution in [0.5, 0.6) is 0 Å². The highest BCUT2D eigenvalue weighted by Gasteiger charge is 2.30. The zero-order valence-corrected chi connectivity index (χ0v) is 14.8. The molecule has 7 heteroatoms. The Morgan fingerprint density at radius 3 is 3.00 bits per heavy atom. The zero-order valence-electron chi connectivity index (χ0n) is 14.0. The van der Waals surface area contributed by atoms with Crippen LogP contribution in [0.4, 0.5) is 5.13 Å². The van der Waals surface area contributed by atoms with Gasteiger partial charge in [0.15, 0.2) is 5.13 Å². The van der Waals surface area contributed by atoms with E-state index in [1.54, 1.807) is 11.3 Å². The van der Waals surface area contributed by atoms with Crippen LogP contribution in [0.3, 0.4) is 0 Å². The second-order valence-electron chi connectivity index (χ2n) is 6.10. The van der Waals surface area contributed by atoms with Gasteiger partial charge in [-0.3, -0.25) is 4.68 Å². The average molecular weight is 335 g/mol. The van der Waals surface area contributed by atoms with Crippen molar-refractivity contribution in [1.82, 2.24) is 20.1 Å². The first kappa shape index (κ1) is 16.4. The molecule has 1 aliphatic rings. The second-order valence-corrected chi connectivity index (χ2v) is 7.20. The molecular formula is C16H25N5OS. The van der Waals surface area contributed by atoms with E-state index >= 15 is 0 Å². The first-order chi connectivity index (χ1) is 11.2. The van der Waals surface area contributed by atoms with Crippen LogP contribution in [0.15, 0.2) is 18.6 Å². The van der Waals surface area contributed by atoms with Crippen molar-refractivity contribution >= 4 is 16.5 Å². The third kappa shape index (κ3) is 3.91. The van der Waals surface area contributed by atoms with Crippen molar-refractivity contribution in [2.75, 3.05) is 32.1 Å². The summed E-state index contributed by atoms with van der Waals surface area (Å²) in [6, 6.07) is 0. The van der Waals surface area contributed by atoms with Crippen LogP contribution in [0, 0.1) is 5.92 Å². The predicted octanol–water partition coefficient (Wildman–Crippen LogP) is 2.29. The number of nitrogens with zero attached hydrogens (tertiary/aromatic N) is 4. The van der Waals surface area contributed by atoms with Gasteiger partial charge in [0.2, 0.25) is 0 Å². The Bertz CT molecular complexity index is 624. The van der Waals surface area contributed by atoms with Gasteiger partial charge in [0.25, 0.3) is 0 Å². The van der Waals surface area contributed by atoms with E-state index in [0.717, 1.165) is 37.8 Å². The topological polar surface area (TPSA) is 55.2 Å². The largest absolute Gasteiger partial charge is 0.373 e. The van der Waals surface area contributed by atoms with E-state index in [2.05, 4.69) is 28.5 Å². The number of ether oxygens (including phenoxy) is 1. The molecule has 0 bridgehead atoms. The molecule has 0 spiro atoms. The molecule has 1 saturated heterocycles. The van der Waals surface area contributed by atoms with Crippen molar-refractivity contribution in [2.24, 2.45) is 5.92 Å². The molecule has 2 unspecified atom stereocenters. The van der Waals surface area contributed by atoms with Crippen molar-refractivity contribution in [3.05, 3.63) is 29.0 Å². The van der Waals surface area contributed by atoms with E-state index in [0.29, 0.717) is 5.92 Å². The van der Waals surface area contributed by atoms with E-state index in [9.17, 15) is 0 Å². The second kappa shape index (κ2) is 7.42. The summed E-state index contributed by atoms with van der Waals surface area (Å²) in [5.74, 6) is 0.505. The fourth-order valence-corrected chi connectivity index (χ4v) is 3.68. The molecule has 1 aliphatic heterocycles. The first-order valence-electron chi connectivity index (χ1n) is 8.14. The molecule has 2 aromatic heterocycles. The lowest BCUT2D eigenvalue weighted by Crippen LogP contribution is -2.24. The van der Waals surface area contributed by atoms with E-state index in [1.165, 1.54) is 10.4 Å². The SMILES string of the molecule is CCn1cc(C2OCCC2CNCc2cnc(N(C)C)s2)cn1. The van der Waals surface area contributed by atoms with Crippen LogP contribution in [0.1, 0.15) is 29.9 Å². The van der Waals surface area contributed by atoms with Gasteiger partial charge < -0.3 is 15.0 Å². The van der Waals surface area contributed by atoms with Crippen LogP contribution in [-0.4, -0.2) is 42.0 Å². The van der Waals surface area contributed by atoms with Crippen molar-refractivity contribution < 1.29 is 4.74 Å². The minimum atomic E-state index is 0.168. The Hall–Kier alpha value is -1.44. The molecule has 3 rings (SSSR count). The minimum absolute atomic E-state index is 0.168. The van der Waals surface area contributed by atoms with Gasteiger partial charge >= 0.3 is 0 Å². The van der Waals surface area contributed by atoms with Gasteiger partial charge in [-0.15, -0.1) is 11.3 Å². The normalized spacial score (nSPS) is 21.0. The molecule has 0 saturated carbocycles. The number of hydrogen-bond donors (Lipinski definition) is 1. The van der Waals surface area contributed by atoms with Crippen LogP contribution >= 0.6 is 11.3 Å². The predicted molar refractivity (Wildman–Crippen MR) is 92.8 cm³/mol. The van der Waals surface area contributed by atoms with Crippen molar-refractivity contribution in [3.63, 3.8) is 0 Å². The molecule has 0 amide bonds. The van der Waals surface area contributed by atoms with Gasteiger partial charge in [0.05, 0.1) is 12.3 Å². The van der Waals surface area contributed by atoms with Gasteiger partial charge in [-0.2, -0.15) is 5.10 Å². The third-order valence-corrected chi connectivity index (χ3v) is 5.31. The molecule has 3 heterocycles. The highest BCUT2D eigenvalue weighted by Crippen LogP contribution is 2.34. The standard InChI is InChI=1S/C16H25N5OS/c1-4-21-11-13(8-19-21)15-12(5-6-22-15)7-17-9-14-10-18-16(23-14)20(2)3/h8,10-12,15,17H,4-7,9H2,1-3H3. The van der Waals surface area contributed by atoms with Crippen molar-refractivity contribution in [3.8, 4) is 0 Å². The zero-order chi connectivity index (χ0) is 16.2. The monoisotopic (exact) mass is 335 g/mol. The molecule has 23 heavy (non-hydrogen) atoms. The summed E-state index contributed by atoms with van der Waals surface area (Å²) in [6.45, 7) is 5.65. The summed E-state index contributed by atoms with van der Waals surface area (Å²) < 4.78 is 7.90. The Morgan fingerprint density at radius 1 is 1.43 bits per heavy atom. The molecule has 2 atom stereocenters. The Kier molecular flexibility index (Phi) is 5.30. The smallest absolute Gasteiger partial charge is 0.185 e. The van der Waals surface area contributed by atoms with E-state index in [1.807, 2.05) is 36.1 Å². The maximum atomic E-state index is 5.94. The fraction of sp³-hybridized carbons (Fsp3) is 0.625. The number of rotatable bonds is 7. The first-order valence-corrected chi connectivity index (χ1v) is 8.95. The van der Waals surface area contributed by atoms with Gasteiger partial charge in [0, 0.05) is 69.1 Å². The molecule has 126 valence electrons. The van der Waals surface area contributed by atoms with Gasteiger partial charge in [0.1, 0.15) is 0 Å². The fourth-order valence-electron chi connectivity index (χ4n) is 2.88. The molecule has 1 N–H and O–H groups in total. The summed E-state index contributed by atoms with van der Waals surface area (Å²) >= 11 is 1.73. The van der Waals surface area contributed by atoms with Crippen LogP contribution in [-0.2, 0) is 17.8 Å². The lowest BCUT2D eigenvalue weighted by atomic mass is 9.97. The van der Waals surface area contributed by atoms with Gasteiger partial charge in [-0.05, 0) is 13.3 Å². The third-order valence-electron chi connectivity index (χ3n) is 4.15. The average Bonchev–Trinajstić information content (AvgIpc) is 3.27. The van der Waals surface area contributed by atoms with Crippen LogP contribution in [0.25, 0.3) is 0 Å². The summed E-state index contributed by atoms with van der Waals surface area (Å²) in [5.41, 5.74) is 1.20. The molecule has 6 nitrogen and oxygen atoms in total. The number of nitrogens with one attached hydrogen (secondary N) is 1. The highest BCUT2D eigenvalue weighted by molar-refractivity contribution is 7.15. The van der Waals surface area contributed by atoms with Crippen molar-refractivity contribution in [2.45, 2.75) is 32.5 Å².